The molecule has 3 rings (SSSR count). The average Bonchev–Trinajstić information content (AvgIpc) is 3.32. The molecule has 1 spiro atoms. The fourth-order valence-electron chi connectivity index (χ4n) is 6.07. The smallest absolute Gasteiger partial charge is 0.312 e. The lowest BCUT2D eigenvalue weighted by atomic mass is 9.65. The zero-order valence-electron chi connectivity index (χ0n) is 19.3. The van der Waals surface area contributed by atoms with Crippen LogP contribution >= 0.6 is 0 Å². The Bertz CT molecular complexity index is 700. The van der Waals surface area contributed by atoms with E-state index in [2.05, 4.69) is 12.2 Å². The highest BCUT2D eigenvalue weighted by Crippen LogP contribution is 2.64. The number of fused-ring (bicyclic) bond motifs is 1. The van der Waals surface area contributed by atoms with Crippen molar-refractivity contribution in [3.8, 4) is 0 Å². The predicted molar refractivity (Wildman–Crippen MR) is 114 cm³/mol. The van der Waals surface area contributed by atoms with Gasteiger partial charge in [-0.3, -0.25) is 14.4 Å². The maximum Gasteiger partial charge on any atom is 0.312 e. The fourth-order valence-corrected chi connectivity index (χ4v) is 6.07. The molecule has 176 valence electrons. The molecule has 2 amide bonds. The topological polar surface area (TPSA) is 105 Å². The van der Waals surface area contributed by atoms with Crippen LogP contribution in [0.2, 0.25) is 0 Å². The first-order valence-corrected chi connectivity index (χ1v) is 11.9. The van der Waals surface area contributed by atoms with Gasteiger partial charge >= 0.3 is 5.97 Å². The maximum absolute atomic E-state index is 13.7. The molecule has 3 heterocycles. The number of carbonyl (C=O) groups excluding carboxylic acids is 3. The predicted octanol–water partition coefficient (Wildman–Crippen LogP) is 1.78. The summed E-state index contributed by atoms with van der Waals surface area (Å²) < 4.78 is 12.0. The fraction of sp³-hybridized carbons (Fsp3) is 0.870. The summed E-state index contributed by atoms with van der Waals surface area (Å²) in [5, 5.41) is 12.3. The summed E-state index contributed by atoms with van der Waals surface area (Å²) in [5.41, 5.74) is -1.75. The van der Waals surface area contributed by atoms with E-state index in [1.165, 1.54) is 0 Å². The van der Waals surface area contributed by atoms with E-state index in [4.69, 9.17) is 9.47 Å². The number of esters is 1. The van der Waals surface area contributed by atoms with Gasteiger partial charge in [0.05, 0.1) is 18.1 Å². The third-order valence-electron chi connectivity index (χ3n) is 7.39. The SMILES string of the molecule is CCCC(C)NC(=O)C1N(CCCCO)C(=O)[C@@H]2[C@H](C(=O)OCC)[C@]3(CC)CCC12O3. The van der Waals surface area contributed by atoms with Gasteiger partial charge in [0.2, 0.25) is 11.8 Å². The van der Waals surface area contributed by atoms with Crippen LogP contribution in [0.3, 0.4) is 0 Å². The number of amides is 2. The van der Waals surface area contributed by atoms with Crippen LogP contribution in [0.1, 0.15) is 72.6 Å². The number of ether oxygens (including phenoxy) is 2. The number of likely N-dealkylation sites (tertiary alicyclic amines) is 1. The normalized spacial score (nSPS) is 34.7. The summed E-state index contributed by atoms with van der Waals surface area (Å²) in [6.07, 6.45) is 4.72. The molecule has 2 N–H and O–H groups in total. The van der Waals surface area contributed by atoms with E-state index in [-0.39, 0.29) is 31.1 Å². The van der Waals surface area contributed by atoms with Gasteiger partial charge in [0.25, 0.3) is 0 Å². The van der Waals surface area contributed by atoms with Gasteiger partial charge in [-0.15, -0.1) is 0 Å². The second kappa shape index (κ2) is 9.45. The van der Waals surface area contributed by atoms with Gasteiger partial charge in [0, 0.05) is 19.2 Å². The average molecular weight is 439 g/mol. The van der Waals surface area contributed by atoms with Gasteiger partial charge in [-0.2, -0.15) is 0 Å². The zero-order chi connectivity index (χ0) is 22.8. The molecule has 0 radical (unpaired) electrons. The largest absolute Gasteiger partial charge is 0.466 e. The van der Waals surface area contributed by atoms with E-state index >= 15 is 0 Å². The summed E-state index contributed by atoms with van der Waals surface area (Å²) >= 11 is 0. The van der Waals surface area contributed by atoms with Gasteiger partial charge in [0.15, 0.2) is 0 Å². The Kier molecular flexibility index (Phi) is 7.31. The number of aliphatic hydroxyl groups is 1. The molecule has 3 aliphatic heterocycles. The molecule has 0 aromatic carbocycles. The number of aliphatic hydroxyl groups excluding tert-OH is 1. The van der Waals surface area contributed by atoms with Crippen molar-refractivity contribution in [2.45, 2.75) is 95.9 Å². The lowest BCUT2D eigenvalue weighted by molar-refractivity contribution is -0.160. The van der Waals surface area contributed by atoms with E-state index in [0.717, 1.165) is 12.8 Å². The molecule has 3 aliphatic rings. The van der Waals surface area contributed by atoms with Gasteiger partial charge in [-0.1, -0.05) is 20.3 Å². The van der Waals surface area contributed by atoms with E-state index in [1.54, 1.807) is 11.8 Å². The van der Waals surface area contributed by atoms with Gasteiger partial charge in [-0.05, 0) is 52.4 Å². The molecule has 0 aromatic rings. The minimum atomic E-state index is -1.00. The van der Waals surface area contributed by atoms with Gasteiger partial charge < -0.3 is 24.8 Å². The van der Waals surface area contributed by atoms with E-state index in [0.29, 0.717) is 38.6 Å². The molecule has 3 fully saturated rings. The van der Waals surface area contributed by atoms with Crippen LogP contribution in [0.15, 0.2) is 0 Å². The van der Waals surface area contributed by atoms with Crippen molar-refractivity contribution in [2.75, 3.05) is 19.8 Å². The van der Waals surface area contributed by atoms with Crippen molar-refractivity contribution in [3.05, 3.63) is 0 Å². The number of hydrogen-bond donors (Lipinski definition) is 2. The molecule has 0 aliphatic carbocycles. The van der Waals surface area contributed by atoms with Crippen molar-refractivity contribution in [3.63, 3.8) is 0 Å². The summed E-state index contributed by atoms with van der Waals surface area (Å²) in [5.74, 6) is -2.21. The molecular formula is C23H38N2O6. The van der Waals surface area contributed by atoms with Gasteiger partial charge in [-0.25, -0.2) is 0 Å². The third-order valence-corrected chi connectivity index (χ3v) is 7.39. The highest BCUT2D eigenvalue weighted by molar-refractivity contribution is 5.98. The number of carbonyl (C=O) groups is 3. The zero-order valence-corrected chi connectivity index (χ0v) is 19.3. The molecule has 2 bridgehead atoms. The lowest BCUT2D eigenvalue weighted by Crippen LogP contribution is -2.56. The second-order valence-corrected chi connectivity index (χ2v) is 9.25. The Balaban J connectivity index is 1.98. The summed E-state index contributed by atoms with van der Waals surface area (Å²) in [6, 6.07) is -0.780. The number of hydrogen-bond acceptors (Lipinski definition) is 6. The quantitative estimate of drug-likeness (QED) is 0.376. The maximum atomic E-state index is 13.7. The van der Waals surface area contributed by atoms with Crippen LogP contribution in [0.5, 0.6) is 0 Å². The molecule has 0 aromatic heterocycles. The monoisotopic (exact) mass is 438 g/mol. The van der Waals surface area contributed by atoms with Crippen LogP contribution in [0, 0.1) is 11.8 Å². The molecule has 8 nitrogen and oxygen atoms in total. The van der Waals surface area contributed by atoms with Crippen LogP contribution in [0.25, 0.3) is 0 Å². The molecule has 6 atom stereocenters. The minimum absolute atomic E-state index is 0.0121. The molecule has 3 unspecified atom stereocenters. The van der Waals surface area contributed by atoms with Crippen molar-refractivity contribution in [1.82, 2.24) is 10.2 Å². The molecule has 0 saturated carbocycles. The van der Waals surface area contributed by atoms with Crippen molar-refractivity contribution < 1.29 is 29.0 Å². The molecule has 3 saturated heterocycles. The standard InChI is InChI=1S/C23H38N2O6/c1-5-10-15(4)24-19(27)18-23-12-11-22(6-2,31-23)17(21(29)30-7-3)16(23)20(28)25(18)13-8-9-14-26/h15-18,26H,5-14H2,1-4H3,(H,24,27)/t15?,16-,17+,18?,22-,23?/m0/s1. The van der Waals surface area contributed by atoms with Crippen molar-refractivity contribution >= 4 is 17.8 Å². The Labute approximate surface area is 185 Å². The third kappa shape index (κ3) is 3.86. The summed E-state index contributed by atoms with van der Waals surface area (Å²) in [7, 11) is 0. The first-order chi connectivity index (χ1) is 14.8. The van der Waals surface area contributed by atoms with Crippen molar-refractivity contribution in [1.29, 1.82) is 0 Å². The Morgan fingerprint density at radius 1 is 1.29 bits per heavy atom. The molecule has 8 heteroatoms. The van der Waals surface area contributed by atoms with E-state index in [1.807, 2.05) is 13.8 Å². The van der Waals surface area contributed by atoms with Crippen LogP contribution in [0.4, 0.5) is 0 Å². The van der Waals surface area contributed by atoms with E-state index < -0.39 is 35.0 Å². The Hall–Kier alpha value is -1.67. The molecule has 31 heavy (non-hydrogen) atoms. The number of nitrogens with zero attached hydrogens (tertiary/aromatic N) is 1. The number of nitrogens with one attached hydrogen (secondary N) is 1. The summed E-state index contributed by atoms with van der Waals surface area (Å²) in [6.45, 7) is 8.37. The first-order valence-electron chi connectivity index (χ1n) is 11.9. The molecular weight excluding hydrogens is 400 g/mol. The number of rotatable bonds is 11. The second-order valence-electron chi connectivity index (χ2n) is 9.25. The minimum Gasteiger partial charge on any atom is -0.466 e. The van der Waals surface area contributed by atoms with Crippen LogP contribution in [-0.2, 0) is 23.9 Å². The first kappa shape index (κ1) is 24.0. The number of unbranched alkanes of at least 4 members (excludes halogenated alkanes) is 1. The van der Waals surface area contributed by atoms with E-state index in [9.17, 15) is 19.5 Å². The van der Waals surface area contributed by atoms with Crippen molar-refractivity contribution in [2.24, 2.45) is 11.8 Å². The summed E-state index contributed by atoms with van der Waals surface area (Å²) in [4.78, 5) is 41.7. The highest BCUT2D eigenvalue weighted by Gasteiger charge is 2.78. The van der Waals surface area contributed by atoms with Crippen LogP contribution in [-0.4, -0.2) is 70.8 Å². The van der Waals surface area contributed by atoms with Gasteiger partial charge in [0.1, 0.15) is 17.6 Å². The lowest BCUT2D eigenvalue weighted by Gasteiger charge is -2.34. The Morgan fingerprint density at radius 2 is 2.03 bits per heavy atom. The van der Waals surface area contributed by atoms with Crippen LogP contribution < -0.4 is 5.32 Å². The highest BCUT2D eigenvalue weighted by atomic mass is 16.6. The Morgan fingerprint density at radius 3 is 2.65 bits per heavy atom.